The third-order valence-electron chi connectivity index (χ3n) is 3.91. The van der Waals surface area contributed by atoms with Crippen molar-refractivity contribution in [2.24, 2.45) is 0 Å². The molecule has 0 bridgehead atoms. The van der Waals surface area contributed by atoms with Crippen molar-refractivity contribution in [1.82, 2.24) is 4.90 Å². The Kier molecular flexibility index (Phi) is 7.29. The molecule has 156 valence electrons. The van der Waals surface area contributed by atoms with Crippen molar-refractivity contribution >= 4 is 11.6 Å². The van der Waals surface area contributed by atoms with Crippen LogP contribution >= 0.6 is 0 Å². The topological polar surface area (TPSA) is 91.1 Å². The number of carbonyl (C=O) groups is 1. The number of nitro benzene ring substituents is 1. The second-order valence-electron chi connectivity index (χ2n) is 5.90. The molecular formula is C19H20F2N2O6. The summed E-state index contributed by atoms with van der Waals surface area (Å²) in [6.07, 6.45) is 0. The molecule has 0 aromatic heterocycles. The first kappa shape index (κ1) is 21.9. The summed E-state index contributed by atoms with van der Waals surface area (Å²) in [7, 11) is 2.82. The van der Waals surface area contributed by atoms with E-state index in [4.69, 9.17) is 9.47 Å². The molecule has 0 aliphatic heterocycles. The lowest BCUT2D eigenvalue weighted by atomic mass is 10.1. The molecule has 0 N–H and O–H groups in total. The van der Waals surface area contributed by atoms with Crippen molar-refractivity contribution in [3.05, 3.63) is 57.6 Å². The fraction of sp³-hybridized carbons (Fsp3) is 0.316. The highest BCUT2D eigenvalue weighted by Gasteiger charge is 2.21. The lowest BCUT2D eigenvalue weighted by molar-refractivity contribution is -0.385. The van der Waals surface area contributed by atoms with E-state index in [1.165, 1.54) is 49.4 Å². The number of alkyl halides is 2. The Bertz CT molecular complexity index is 891. The first-order chi connectivity index (χ1) is 13.8. The molecule has 0 saturated heterocycles. The standard InChI is InChI=1S/C19H20F2N2O6/c1-4-28-17-9-12(5-7-16(17)29-19(20)21)11-22(2)18(24)13-6-8-15(27-3)14(10-13)23(25)26/h5-10,19H,4,11H2,1-3H3. The minimum absolute atomic E-state index is 0.0465. The zero-order chi connectivity index (χ0) is 21.6. The zero-order valence-electron chi connectivity index (χ0n) is 16.1. The van der Waals surface area contributed by atoms with Crippen LogP contribution in [0, 0.1) is 10.1 Å². The van der Waals surface area contributed by atoms with Crippen molar-refractivity contribution in [1.29, 1.82) is 0 Å². The van der Waals surface area contributed by atoms with Crippen LogP contribution in [0.4, 0.5) is 14.5 Å². The van der Waals surface area contributed by atoms with Gasteiger partial charge in [-0.25, -0.2) is 0 Å². The first-order valence-corrected chi connectivity index (χ1v) is 8.55. The summed E-state index contributed by atoms with van der Waals surface area (Å²) in [5.41, 5.74) is 0.399. The predicted octanol–water partition coefficient (Wildman–Crippen LogP) is 3.88. The van der Waals surface area contributed by atoms with E-state index in [1.54, 1.807) is 6.92 Å². The molecule has 0 spiro atoms. The number of hydrogen-bond acceptors (Lipinski definition) is 6. The lowest BCUT2D eigenvalue weighted by Crippen LogP contribution is -2.26. The zero-order valence-corrected chi connectivity index (χ0v) is 16.1. The maximum Gasteiger partial charge on any atom is 0.387 e. The lowest BCUT2D eigenvalue weighted by Gasteiger charge is -2.19. The van der Waals surface area contributed by atoms with Crippen molar-refractivity contribution in [3.63, 3.8) is 0 Å². The minimum Gasteiger partial charge on any atom is -0.490 e. The number of rotatable bonds is 9. The van der Waals surface area contributed by atoms with Gasteiger partial charge in [-0.1, -0.05) is 6.07 Å². The second-order valence-corrected chi connectivity index (χ2v) is 5.90. The number of methoxy groups -OCH3 is 1. The van der Waals surface area contributed by atoms with Gasteiger partial charge in [0.05, 0.1) is 18.6 Å². The Morgan fingerprint density at radius 3 is 2.45 bits per heavy atom. The van der Waals surface area contributed by atoms with Gasteiger partial charge in [0, 0.05) is 25.2 Å². The molecule has 2 aromatic rings. The van der Waals surface area contributed by atoms with Crippen LogP contribution in [0.2, 0.25) is 0 Å². The summed E-state index contributed by atoms with van der Waals surface area (Å²) in [5, 5.41) is 11.1. The molecule has 0 aliphatic carbocycles. The van der Waals surface area contributed by atoms with E-state index in [-0.39, 0.29) is 41.7 Å². The van der Waals surface area contributed by atoms with Crippen LogP contribution in [0.25, 0.3) is 0 Å². The summed E-state index contributed by atoms with van der Waals surface area (Å²) < 4.78 is 39.7. The average molecular weight is 410 g/mol. The molecule has 0 radical (unpaired) electrons. The molecule has 29 heavy (non-hydrogen) atoms. The quantitative estimate of drug-likeness (QED) is 0.460. The Labute approximate surface area is 165 Å². The molecular weight excluding hydrogens is 390 g/mol. The van der Waals surface area contributed by atoms with Crippen LogP contribution in [0.3, 0.4) is 0 Å². The van der Waals surface area contributed by atoms with Gasteiger partial charge in [0.1, 0.15) is 0 Å². The molecule has 10 heteroatoms. The summed E-state index contributed by atoms with van der Waals surface area (Å²) in [6.45, 7) is -0.929. The third kappa shape index (κ3) is 5.53. The highest BCUT2D eigenvalue weighted by Crippen LogP contribution is 2.31. The number of nitro groups is 1. The van der Waals surface area contributed by atoms with E-state index in [1.807, 2.05) is 0 Å². The fourth-order valence-corrected chi connectivity index (χ4v) is 2.64. The highest BCUT2D eigenvalue weighted by atomic mass is 19.3. The van der Waals surface area contributed by atoms with E-state index in [9.17, 15) is 23.7 Å². The van der Waals surface area contributed by atoms with E-state index >= 15 is 0 Å². The van der Waals surface area contributed by atoms with E-state index in [2.05, 4.69) is 4.74 Å². The smallest absolute Gasteiger partial charge is 0.387 e. The number of ether oxygens (including phenoxy) is 3. The summed E-state index contributed by atoms with van der Waals surface area (Å²) >= 11 is 0. The van der Waals surface area contributed by atoms with Crippen LogP contribution in [0.1, 0.15) is 22.8 Å². The number of benzene rings is 2. The van der Waals surface area contributed by atoms with Crippen LogP contribution in [0.5, 0.6) is 17.2 Å². The molecule has 8 nitrogen and oxygen atoms in total. The van der Waals surface area contributed by atoms with Gasteiger partial charge < -0.3 is 19.1 Å². The van der Waals surface area contributed by atoms with Gasteiger partial charge in [0.15, 0.2) is 17.2 Å². The molecule has 0 atom stereocenters. The van der Waals surface area contributed by atoms with Crippen LogP contribution < -0.4 is 14.2 Å². The highest BCUT2D eigenvalue weighted by molar-refractivity contribution is 5.95. The number of halogens is 2. The third-order valence-corrected chi connectivity index (χ3v) is 3.91. The van der Waals surface area contributed by atoms with Crippen molar-refractivity contribution in [2.75, 3.05) is 20.8 Å². The molecule has 0 saturated carbocycles. The first-order valence-electron chi connectivity index (χ1n) is 8.55. The Morgan fingerprint density at radius 1 is 1.17 bits per heavy atom. The largest absolute Gasteiger partial charge is 0.490 e. The summed E-state index contributed by atoms with van der Waals surface area (Å²) in [5.74, 6) is -0.386. The van der Waals surface area contributed by atoms with Crippen molar-refractivity contribution in [3.8, 4) is 17.2 Å². The second kappa shape index (κ2) is 9.67. The Balaban J connectivity index is 2.22. The summed E-state index contributed by atoms with van der Waals surface area (Å²) in [4.78, 5) is 24.5. The van der Waals surface area contributed by atoms with E-state index in [0.29, 0.717) is 5.56 Å². The normalized spacial score (nSPS) is 10.6. The maximum atomic E-state index is 12.7. The van der Waals surface area contributed by atoms with Gasteiger partial charge in [0.25, 0.3) is 5.91 Å². The molecule has 0 heterocycles. The maximum absolute atomic E-state index is 12.7. The van der Waals surface area contributed by atoms with Gasteiger partial charge in [-0.15, -0.1) is 0 Å². The van der Waals surface area contributed by atoms with Gasteiger partial charge in [-0.05, 0) is 36.8 Å². The molecule has 0 unspecified atom stereocenters. The van der Waals surface area contributed by atoms with Gasteiger partial charge in [-0.3, -0.25) is 14.9 Å². The molecule has 1 amide bonds. The van der Waals surface area contributed by atoms with E-state index < -0.39 is 17.4 Å². The summed E-state index contributed by atoms with van der Waals surface area (Å²) in [6, 6.07) is 8.28. The average Bonchev–Trinajstić information content (AvgIpc) is 2.68. The monoisotopic (exact) mass is 410 g/mol. The van der Waals surface area contributed by atoms with Gasteiger partial charge in [0.2, 0.25) is 0 Å². The number of nitrogens with zero attached hydrogens (tertiary/aromatic N) is 2. The predicted molar refractivity (Wildman–Crippen MR) is 99.7 cm³/mol. The van der Waals surface area contributed by atoms with Crippen molar-refractivity contribution in [2.45, 2.75) is 20.1 Å². The molecule has 2 aromatic carbocycles. The minimum atomic E-state index is -2.99. The van der Waals surface area contributed by atoms with Crippen molar-refractivity contribution < 1.29 is 32.7 Å². The number of hydrogen-bond donors (Lipinski definition) is 0. The van der Waals surface area contributed by atoms with Crippen LogP contribution in [-0.2, 0) is 6.54 Å². The van der Waals surface area contributed by atoms with Crippen LogP contribution in [0.15, 0.2) is 36.4 Å². The fourth-order valence-electron chi connectivity index (χ4n) is 2.64. The number of amides is 1. The van der Waals surface area contributed by atoms with Gasteiger partial charge >= 0.3 is 12.3 Å². The molecule has 0 fully saturated rings. The SMILES string of the molecule is CCOc1cc(CN(C)C(=O)c2ccc(OC)c([N+](=O)[O-])c2)ccc1OC(F)F. The Morgan fingerprint density at radius 2 is 1.86 bits per heavy atom. The van der Waals surface area contributed by atoms with Crippen LogP contribution in [-0.4, -0.2) is 43.1 Å². The Hall–Kier alpha value is -3.43. The molecule has 2 rings (SSSR count). The number of carbonyl (C=O) groups excluding carboxylic acids is 1. The molecule has 0 aliphatic rings. The van der Waals surface area contributed by atoms with Gasteiger partial charge in [-0.2, -0.15) is 8.78 Å². The van der Waals surface area contributed by atoms with E-state index in [0.717, 1.165) is 6.07 Å².